The molecule has 16 nitrogen and oxygen atoms in total. The van der Waals surface area contributed by atoms with E-state index in [1.807, 2.05) is 45.9 Å². The largest absolute Gasteiger partial charge is 0.469 e. The van der Waals surface area contributed by atoms with Crippen LogP contribution < -0.4 is 10.6 Å². The molecule has 8 N–H and O–H groups in total. The van der Waals surface area contributed by atoms with Crippen LogP contribution in [0.3, 0.4) is 0 Å². The number of imide groups is 1. The van der Waals surface area contributed by atoms with Crippen LogP contribution in [0.25, 0.3) is 33.3 Å². The van der Waals surface area contributed by atoms with Gasteiger partial charge >= 0.3 is 5.97 Å². The monoisotopic (exact) mass is 855 g/mol. The van der Waals surface area contributed by atoms with Crippen LogP contribution in [-0.4, -0.2) is 126 Å². The van der Waals surface area contributed by atoms with Gasteiger partial charge in [-0.1, -0.05) is 26.5 Å². The van der Waals surface area contributed by atoms with Gasteiger partial charge in [-0.05, 0) is 92.7 Å². The Balaban J connectivity index is 1.32. The van der Waals surface area contributed by atoms with Gasteiger partial charge in [-0.3, -0.25) is 19.3 Å². The highest BCUT2D eigenvalue weighted by Crippen LogP contribution is 2.45. The molecule has 7 heterocycles. The molecule has 5 unspecified atom stereocenters. The van der Waals surface area contributed by atoms with Gasteiger partial charge in [-0.15, -0.1) is 0 Å². The first kappa shape index (κ1) is 43.8. The molecule has 5 aliphatic heterocycles. The molecule has 0 spiro atoms. The number of H-pyrrole nitrogens is 2. The van der Waals surface area contributed by atoms with Crippen molar-refractivity contribution in [2.45, 2.75) is 103 Å². The number of ether oxygens (including phenoxy) is 2. The third-order valence-electron chi connectivity index (χ3n) is 12.5. The summed E-state index contributed by atoms with van der Waals surface area (Å²) in [4.78, 5) is 60.4. The molecule has 2 aromatic rings. The summed E-state index contributed by atoms with van der Waals surface area (Å²) in [5.41, 5.74) is 10.5. The highest BCUT2D eigenvalue weighted by atomic mass is 32.1. The van der Waals surface area contributed by atoms with E-state index < -0.39 is 49.1 Å². The number of amides is 2. The van der Waals surface area contributed by atoms with Gasteiger partial charge in [0.15, 0.2) is 11.4 Å². The molecule has 61 heavy (non-hydrogen) atoms. The maximum absolute atomic E-state index is 14.9. The van der Waals surface area contributed by atoms with E-state index in [1.54, 1.807) is 6.08 Å². The number of nitrogens with zero attached hydrogens (tertiary/aromatic N) is 3. The molecular weight excluding hydrogens is 803 g/mol. The Morgan fingerprint density at radius 3 is 2.41 bits per heavy atom. The first-order valence-corrected chi connectivity index (χ1v) is 20.9. The lowest BCUT2D eigenvalue weighted by atomic mass is 9.84. The summed E-state index contributed by atoms with van der Waals surface area (Å²) >= 11 is 5.39. The van der Waals surface area contributed by atoms with Crippen LogP contribution >= 0.6 is 12.2 Å². The number of methoxy groups -OCH3 is 1. The number of hydrogen-bond donors (Lipinski definition) is 8. The zero-order valence-electron chi connectivity index (χ0n) is 35.1. The Hall–Kier alpha value is -5.30. The van der Waals surface area contributed by atoms with Gasteiger partial charge in [0.25, 0.3) is 11.8 Å². The van der Waals surface area contributed by atoms with Crippen LogP contribution in [0.15, 0.2) is 30.9 Å². The summed E-state index contributed by atoms with van der Waals surface area (Å²) in [7, 11) is 1.34. The van der Waals surface area contributed by atoms with Crippen LogP contribution in [0.1, 0.15) is 126 Å². The second-order valence-corrected chi connectivity index (χ2v) is 16.4. The number of aromatic amines is 2. The fourth-order valence-corrected chi connectivity index (χ4v) is 9.14. The van der Waals surface area contributed by atoms with Crippen molar-refractivity contribution in [2.75, 3.05) is 26.8 Å². The lowest BCUT2D eigenvalue weighted by Gasteiger charge is -2.40. The van der Waals surface area contributed by atoms with Gasteiger partial charge in [0.1, 0.15) is 24.4 Å². The molecule has 0 saturated carbocycles. The van der Waals surface area contributed by atoms with Gasteiger partial charge in [-0.25, -0.2) is 9.97 Å². The smallest absolute Gasteiger partial charge is 0.305 e. The molecule has 7 atom stereocenters. The first-order chi connectivity index (χ1) is 29.1. The van der Waals surface area contributed by atoms with Gasteiger partial charge in [-0.2, -0.15) is 0 Å². The lowest BCUT2D eigenvalue weighted by Crippen LogP contribution is -2.65. The molecule has 2 aromatic heterocycles. The Kier molecular flexibility index (Phi) is 12.6. The average Bonchev–Trinajstić information content (AvgIpc) is 3.92. The minimum absolute atomic E-state index is 0.000551. The van der Waals surface area contributed by atoms with E-state index in [1.165, 1.54) is 12.0 Å². The van der Waals surface area contributed by atoms with Crippen molar-refractivity contribution in [3.8, 4) is 0 Å². The van der Waals surface area contributed by atoms with Gasteiger partial charge in [0.05, 0.1) is 53.1 Å². The minimum Gasteiger partial charge on any atom is -0.469 e. The molecule has 0 aromatic carbocycles. The van der Waals surface area contributed by atoms with Crippen molar-refractivity contribution in [3.05, 3.63) is 81.7 Å². The fraction of sp³-hybridized carbons (Fsp3) is 0.455. The Morgan fingerprint density at radius 1 is 1.02 bits per heavy atom. The Labute approximate surface area is 358 Å². The van der Waals surface area contributed by atoms with Crippen LogP contribution in [0.5, 0.6) is 0 Å². The van der Waals surface area contributed by atoms with Crippen molar-refractivity contribution < 1.29 is 44.3 Å². The van der Waals surface area contributed by atoms with Crippen molar-refractivity contribution >= 4 is 68.4 Å². The number of aromatic nitrogens is 4. The van der Waals surface area contributed by atoms with Crippen molar-refractivity contribution in [1.82, 2.24) is 35.5 Å². The third kappa shape index (κ3) is 7.90. The first-order valence-electron chi connectivity index (χ1n) is 20.5. The second-order valence-electron chi connectivity index (χ2n) is 16.0. The van der Waals surface area contributed by atoms with E-state index >= 15 is 0 Å². The number of carbonyl (C=O) groups excluding carboxylic acids is 3. The Morgan fingerprint density at radius 2 is 1.72 bits per heavy atom. The number of allylic oxidation sites excluding steroid dienone is 5. The number of esters is 1. The third-order valence-corrected chi connectivity index (χ3v) is 12.8. The summed E-state index contributed by atoms with van der Waals surface area (Å²) in [6, 6.07) is 4.69. The number of thiocarbonyl (C=S) groups is 1. The van der Waals surface area contributed by atoms with Gasteiger partial charge in [0, 0.05) is 53.8 Å². The SMILES string of the molecule is C=CC1=C(C)c2cc3[nH]c(c4c5[nH]c(cc6nc(cc1n2)C(C)=C6CC)c(C)c5C(=O)N(CCCNC(=S)NC1C(O)OC(CO)C(O)C1O)C4=O)[C@@H](CCC(=O)OC)[C@@H]3C. The van der Waals surface area contributed by atoms with Gasteiger partial charge in [0.2, 0.25) is 0 Å². The zero-order valence-corrected chi connectivity index (χ0v) is 35.9. The molecule has 1 saturated heterocycles. The van der Waals surface area contributed by atoms with Crippen molar-refractivity contribution in [2.24, 2.45) is 0 Å². The molecule has 17 heteroatoms. The summed E-state index contributed by atoms with van der Waals surface area (Å²) in [6.07, 6.45) is -2.49. The number of aryl methyl sites for hydroxylation is 1. The topological polar surface area (TPSA) is 235 Å². The quantitative estimate of drug-likeness (QED) is 0.0694. The number of carbonyl (C=O) groups is 3. The van der Waals surface area contributed by atoms with E-state index in [0.29, 0.717) is 40.7 Å². The van der Waals surface area contributed by atoms with E-state index in [0.717, 1.165) is 50.8 Å². The number of nitrogens with one attached hydrogen (secondary N) is 4. The number of rotatable bonds is 11. The lowest BCUT2D eigenvalue weighted by molar-refractivity contribution is -0.252. The normalized spacial score (nSPS) is 24.2. The zero-order chi connectivity index (χ0) is 44.0. The molecule has 7 rings (SSSR count). The van der Waals surface area contributed by atoms with E-state index in [9.17, 15) is 34.8 Å². The van der Waals surface area contributed by atoms with Crippen LogP contribution in [-0.2, 0) is 14.3 Å². The van der Waals surface area contributed by atoms with E-state index in [2.05, 4.69) is 34.1 Å². The number of aliphatic hydroxyl groups is 4. The van der Waals surface area contributed by atoms with E-state index in [4.69, 9.17) is 31.7 Å². The highest BCUT2D eigenvalue weighted by molar-refractivity contribution is 7.80. The molecule has 1 fully saturated rings. The number of hydrogen-bond acceptors (Lipinski definition) is 12. The second kappa shape index (κ2) is 17.6. The molecule has 0 radical (unpaired) electrons. The van der Waals surface area contributed by atoms with Crippen molar-refractivity contribution in [3.63, 3.8) is 0 Å². The molecular formula is C44H53N7O9S. The number of aliphatic hydroxyl groups excluding tert-OH is 4. The average molecular weight is 856 g/mol. The minimum atomic E-state index is -1.57. The van der Waals surface area contributed by atoms with Crippen LogP contribution in [0.2, 0.25) is 0 Å². The molecule has 8 bridgehead atoms. The van der Waals surface area contributed by atoms with Crippen LogP contribution in [0, 0.1) is 6.92 Å². The van der Waals surface area contributed by atoms with Crippen molar-refractivity contribution in [1.29, 1.82) is 0 Å². The highest BCUT2D eigenvalue weighted by Gasteiger charge is 2.44. The van der Waals surface area contributed by atoms with Crippen LogP contribution in [0.4, 0.5) is 0 Å². The summed E-state index contributed by atoms with van der Waals surface area (Å²) in [5, 5.41) is 46.3. The fourth-order valence-electron chi connectivity index (χ4n) is 8.90. The maximum Gasteiger partial charge on any atom is 0.305 e. The standard InChI is InChI=1S/C44H53N7O9S/c1-8-23-19(3)26-15-28-21(5)25(11-12-33(53)59-7)36(48-28)35-37-34(22(6)29(49-37)17-31-24(9-2)20(4)27(47-31)16-30(23)46-26)41(56)51(42(35)57)14-10-13-45-44(61)50-38-40(55)39(54)32(18-52)60-43(38)58/h8,15-17,21,25,32,38-40,43,48-49,52,54-55,58H,1,9-14,18H2,2-7H3,(H2,45,50,61)/t21-,25-,32?,38?,39?,40?,43?/m0/s1. The van der Waals surface area contributed by atoms with E-state index in [-0.39, 0.29) is 54.4 Å². The molecule has 324 valence electrons. The summed E-state index contributed by atoms with van der Waals surface area (Å²) in [6.45, 7) is 13.6. The molecule has 2 amide bonds. The predicted octanol–water partition coefficient (Wildman–Crippen LogP) is 3.89. The van der Waals surface area contributed by atoms with Gasteiger partial charge < -0.3 is 50.5 Å². The molecule has 5 aliphatic rings. The maximum atomic E-state index is 14.9. The Bertz CT molecular complexity index is 2450. The summed E-state index contributed by atoms with van der Waals surface area (Å²) < 4.78 is 10.2. The number of fused-ring (bicyclic) bond motifs is 8. The molecule has 0 aliphatic carbocycles. The summed E-state index contributed by atoms with van der Waals surface area (Å²) in [5.74, 6) is -1.92. The predicted molar refractivity (Wildman–Crippen MR) is 232 cm³/mol.